The summed E-state index contributed by atoms with van der Waals surface area (Å²) >= 11 is 0. The maximum atomic E-state index is 12.3. The topological polar surface area (TPSA) is 81.0 Å². The number of nitrogens with zero attached hydrogens (tertiary/aromatic N) is 1. The highest BCUT2D eigenvalue weighted by Gasteiger charge is 2.28. The number of likely N-dealkylation sites (tertiary alicyclic amines) is 1. The van der Waals surface area contributed by atoms with Gasteiger partial charge in [-0.2, -0.15) is 0 Å². The number of carbonyl (C=O) groups is 1. The van der Waals surface area contributed by atoms with Crippen LogP contribution in [0.3, 0.4) is 0 Å². The van der Waals surface area contributed by atoms with E-state index in [4.69, 9.17) is 0 Å². The Morgan fingerprint density at radius 1 is 1.26 bits per heavy atom. The molecule has 0 spiro atoms. The SMILES string of the molecule is CC1(O)CCCN(C(=O)c2cc(O)ccc2O)CC1. The lowest BCUT2D eigenvalue weighted by Crippen LogP contribution is -2.33. The third kappa shape index (κ3) is 3.17. The Morgan fingerprint density at radius 3 is 2.74 bits per heavy atom. The largest absolute Gasteiger partial charge is 0.508 e. The molecular weight excluding hydrogens is 246 g/mol. The Morgan fingerprint density at radius 2 is 2.00 bits per heavy atom. The van der Waals surface area contributed by atoms with Gasteiger partial charge < -0.3 is 20.2 Å². The maximum absolute atomic E-state index is 12.3. The number of phenolic OH excluding ortho intramolecular Hbond substituents is 2. The van der Waals surface area contributed by atoms with Gasteiger partial charge in [0.2, 0.25) is 0 Å². The Bertz CT molecular complexity index is 484. The quantitative estimate of drug-likeness (QED) is 0.672. The summed E-state index contributed by atoms with van der Waals surface area (Å²) in [5.74, 6) is -0.507. The van der Waals surface area contributed by atoms with Crippen LogP contribution in [0.1, 0.15) is 36.5 Å². The van der Waals surface area contributed by atoms with Crippen LogP contribution in [0.25, 0.3) is 0 Å². The van der Waals surface area contributed by atoms with Crippen LogP contribution < -0.4 is 0 Å². The first kappa shape index (κ1) is 13.7. The number of hydrogen-bond donors (Lipinski definition) is 3. The van der Waals surface area contributed by atoms with E-state index in [1.807, 2.05) is 0 Å². The van der Waals surface area contributed by atoms with E-state index in [-0.39, 0.29) is 23.0 Å². The molecule has 5 heteroatoms. The number of amides is 1. The average molecular weight is 265 g/mol. The molecule has 104 valence electrons. The van der Waals surface area contributed by atoms with Crippen LogP contribution in [0.5, 0.6) is 11.5 Å². The second kappa shape index (κ2) is 5.09. The van der Waals surface area contributed by atoms with Gasteiger partial charge in [0.05, 0.1) is 11.2 Å². The highest BCUT2D eigenvalue weighted by molar-refractivity contribution is 5.97. The van der Waals surface area contributed by atoms with Crippen molar-refractivity contribution >= 4 is 5.91 Å². The van der Waals surface area contributed by atoms with Crippen molar-refractivity contribution < 1.29 is 20.1 Å². The van der Waals surface area contributed by atoms with Crippen LogP contribution in [-0.4, -0.2) is 44.8 Å². The minimum Gasteiger partial charge on any atom is -0.508 e. The van der Waals surface area contributed by atoms with Crippen molar-refractivity contribution in [3.8, 4) is 11.5 Å². The van der Waals surface area contributed by atoms with Crippen molar-refractivity contribution in [2.24, 2.45) is 0 Å². The molecule has 0 radical (unpaired) electrons. The van der Waals surface area contributed by atoms with Crippen LogP contribution in [-0.2, 0) is 0 Å². The molecule has 1 heterocycles. The molecule has 0 saturated carbocycles. The predicted molar refractivity (Wildman–Crippen MR) is 70.1 cm³/mol. The summed E-state index contributed by atoms with van der Waals surface area (Å²) < 4.78 is 0. The fraction of sp³-hybridized carbons (Fsp3) is 0.500. The first-order valence-corrected chi connectivity index (χ1v) is 6.43. The molecule has 0 bridgehead atoms. The number of aliphatic hydroxyl groups is 1. The Labute approximate surface area is 112 Å². The van der Waals surface area contributed by atoms with Crippen molar-refractivity contribution in [1.82, 2.24) is 4.90 Å². The molecular formula is C14H19NO4. The standard InChI is InChI=1S/C14H19NO4/c1-14(19)5-2-7-15(8-6-14)13(18)11-9-10(16)3-4-12(11)17/h3-4,9,16-17,19H,2,5-8H2,1H3. The molecule has 1 aromatic rings. The second-order valence-corrected chi connectivity index (χ2v) is 5.34. The Kier molecular flexibility index (Phi) is 3.66. The zero-order valence-electron chi connectivity index (χ0n) is 11.0. The zero-order chi connectivity index (χ0) is 14.0. The molecule has 0 aliphatic carbocycles. The molecule has 1 fully saturated rings. The molecule has 1 unspecified atom stereocenters. The molecule has 0 aromatic heterocycles. The minimum atomic E-state index is -0.740. The highest BCUT2D eigenvalue weighted by Crippen LogP contribution is 2.26. The molecule has 1 aliphatic rings. The fourth-order valence-electron chi connectivity index (χ4n) is 2.33. The third-order valence-electron chi connectivity index (χ3n) is 3.56. The number of aromatic hydroxyl groups is 2. The number of rotatable bonds is 1. The van der Waals surface area contributed by atoms with E-state index in [1.54, 1.807) is 11.8 Å². The molecule has 1 atom stereocenters. The molecule has 5 nitrogen and oxygen atoms in total. The molecule has 1 aromatic carbocycles. The van der Waals surface area contributed by atoms with E-state index in [9.17, 15) is 20.1 Å². The molecule has 1 saturated heterocycles. The summed E-state index contributed by atoms with van der Waals surface area (Å²) in [6, 6.07) is 3.90. The van der Waals surface area contributed by atoms with Gasteiger partial charge in [-0.25, -0.2) is 0 Å². The fourth-order valence-corrected chi connectivity index (χ4v) is 2.33. The van der Waals surface area contributed by atoms with E-state index in [2.05, 4.69) is 0 Å². The average Bonchev–Trinajstić information content (AvgIpc) is 2.52. The lowest BCUT2D eigenvalue weighted by atomic mass is 9.98. The lowest BCUT2D eigenvalue weighted by molar-refractivity contribution is 0.0437. The molecule has 2 rings (SSSR count). The van der Waals surface area contributed by atoms with Gasteiger partial charge in [0, 0.05) is 13.1 Å². The van der Waals surface area contributed by atoms with Crippen LogP contribution in [0.2, 0.25) is 0 Å². The van der Waals surface area contributed by atoms with Crippen molar-refractivity contribution in [1.29, 1.82) is 0 Å². The van der Waals surface area contributed by atoms with Gasteiger partial charge in [-0.15, -0.1) is 0 Å². The highest BCUT2D eigenvalue weighted by atomic mass is 16.3. The normalized spacial score (nSPS) is 24.0. The number of phenols is 2. The first-order chi connectivity index (χ1) is 8.89. The minimum absolute atomic E-state index is 0.0528. The van der Waals surface area contributed by atoms with Crippen LogP contribution in [0.15, 0.2) is 18.2 Å². The van der Waals surface area contributed by atoms with Crippen LogP contribution in [0, 0.1) is 0 Å². The molecule has 1 aliphatic heterocycles. The monoisotopic (exact) mass is 265 g/mol. The van der Waals surface area contributed by atoms with Gasteiger partial charge in [0.1, 0.15) is 11.5 Å². The van der Waals surface area contributed by atoms with E-state index >= 15 is 0 Å². The predicted octanol–water partition coefficient (Wildman–Crippen LogP) is 1.47. The maximum Gasteiger partial charge on any atom is 0.257 e. The number of carbonyl (C=O) groups excluding carboxylic acids is 1. The molecule has 1 amide bonds. The van der Waals surface area contributed by atoms with E-state index < -0.39 is 5.60 Å². The zero-order valence-corrected chi connectivity index (χ0v) is 11.0. The smallest absolute Gasteiger partial charge is 0.257 e. The Hall–Kier alpha value is -1.75. The summed E-state index contributed by atoms with van der Waals surface area (Å²) in [5.41, 5.74) is -0.642. The van der Waals surface area contributed by atoms with Gasteiger partial charge in [-0.3, -0.25) is 4.79 Å². The van der Waals surface area contributed by atoms with Gasteiger partial charge >= 0.3 is 0 Å². The van der Waals surface area contributed by atoms with Gasteiger partial charge in [-0.1, -0.05) is 0 Å². The van der Waals surface area contributed by atoms with Crippen LogP contribution in [0.4, 0.5) is 0 Å². The second-order valence-electron chi connectivity index (χ2n) is 5.34. The van der Waals surface area contributed by atoms with Gasteiger partial charge in [-0.05, 0) is 44.4 Å². The lowest BCUT2D eigenvalue weighted by Gasteiger charge is -2.23. The Balaban J connectivity index is 2.17. The van der Waals surface area contributed by atoms with Crippen molar-refractivity contribution in [2.45, 2.75) is 31.8 Å². The van der Waals surface area contributed by atoms with Crippen molar-refractivity contribution in [2.75, 3.05) is 13.1 Å². The van der Waals surface area contributed by atoms with E-state index in [0.717, 1.165) is 6.42 Å². The summed E-state index contributed by atoms with van der Waals surface area (Å²) in [7, 11) is 0. The summed E-state index contributed by atoms with van der Waals surface area (Å²) in [4.78, 5) is 13.9. The van der Waals surface area contributed by atoms with E-state index in [1.165, 1.54) is 18.2 Å². The first-order valence-electron chi connectivity index (χ1n) is 6.43. The van der Waals surface area contributed by atoms with E-state index in [0.29, 0.717) is 25.9 Å². The summed E-state index contributed by atoms with van der Waals surface area (Å²) in [6.45, 7) is 2.76. The van der Waals surface area contributed by atoms with Gasteiger partial charge in [0.25, 0.3) is 5.91 Å². The number of benzene rings is 1. The number of hydrogen-bond acceptors (Lipinski definition) is 4. The van der Waals surface area contributed by atoms with Gasteiger partial charge in [0.15, 0.2) is 0 Å². The summed E-state index contributed by atoms with van der Waals surface area (Å²) in [5, 5.41) is 29.1. The van der Waals surface area contributed by atoms with Crippen molar-refractivity contribution in [3.05, 3.63) is 23.8 Å². The molecule has 19 heavy (non-hydrogen) atoms. The van der Waals surface area contributed by atoms with Crippen LogP contribution >= 0.6 is 0 Å². The molecule has 3 N–H and O–H groups in total. The van der Waals surface area contributed by atoms with Crippen molar-refractivity contribution in [3.63, 3.8) is 0 Å². The summed E-state index contributed by atoms with van der Waals surface area (Å²) in [6.07, 6.45) is 1.89. The third-order valence-corrected chi connectivity index (χ3v) is 3.56.